The van der Waals surface area contributed by atoms with Gasteiger partial charge in [-0.2, -0.15) is 0 Å². The number of aryl methyl sites for hydroxylation is 1. The number of rotatable bonds is 1. The fourth-order valence-electron chi connectivity index (χ4n) is 0.846. The number of anilines is 1. The first-order chi connectivity index (χ1) is 5.18. The van der Waals surface area contributed by atoms with E-state index in [9.17, 15) is 0 Å². The summed E-state index contributed by atoms with van der Waals surface area (Å²) in [6.45, 7) is 2.03. The Bertz CT molecular complexity index is 271. The third-order valence-electron chi connectivity index (χ3n) is 1.27. The normalized spacial score (nSPS) is 9.27. The maximum atomic E-state index is 4.77. The Morgan fingerprint density at radius 3 is 2.82 bits per heavy atom. The first-order valence-electron chi connectivity index (χ1n) is 3.25. The third-order valence-corrected chi connectivity index (χ3v) is 1.48. The minimum atomic E-state index is 0.496. The lowest BCUT2D eigenvalue weighted by Crippen LogP contribution is -2.00. The summed E-state index contributed by atoms with van der Waals surface area (Å²) in [5.41, 5.74) is 2.20. The van der Waals surface area contributed by atoms with Gasteiger partial charge in [0.15, 0.2) is 0 Å². The lowest BCUT2D eigenvalue weighted by molar-refractivity contribution is 1.47. The molecule has 1 aromatic rings. The van der Waals surface area contributed by atoms with Crippen LogP contribution in [0.4, 0.5) is 5.69 Å². The van der Waals surface area contributed by atoms with Gasteiger partial charge in [-0.15, -0.1) is 12.6 Å². The summed E-state index contributed by atoms with van der Waals surface area (Å²) < 4.78 is 0.496. The second kappa shape index (κ2) is 3.74. The van der Waals surface area contributed by atoms with E-state index in [-0.39, 0.29) is 0 Å². The molecule has 3 heteroatoms. The minimum Gasteiger partial charge on any atom is -0.341 e. The summed E-state index contributed by atoms with van der Waals surface area (Å²) in [7, 11) is 0. The van der Waals surface area contributed by atoms with Crippen LogP contribution in [0.15, 0.2) is 24.3 Å². The minimum absolute atomic E-state index is 0.496. The van der Waals surface area contributed by atoms with Crippen molar-refractivity contribution >= 4 is 34.9 Å². The van der Waals surface area contributed by atoms with Gasteiger partial charge in [0.1, 0.15) is 4.32 Å². The van der Waals surface area contributed by atoms with Crippen LogP contribution >= 0.6 is 24.8 Å². The van der Waals surface area contributed by atoms with Crippen molar-refractivity contribution in [1.29, 1.82) is 0 Å². The first-order valence-corrected chi connectivity index (χ1v) is 4.10. The van der Waals surface area contributed by atoms with Crippen LogP contribution in [0, 0.1) is 6.92 Å². The molecule has 0 aliphatic rings. The summed E-state index contributed by atoms with van der Waals surface area (Å²) in [6, 6.07) is 7.98. The van der Waals surface area contributed by atoms with E-state index in [4.69, 9.17) is 12.2 Å². The van der Waals surface area contributed by atoms with E-state index in [1.165, 1.54) is 5.56 Å². The number of thiol groups is 1. The quantitative estimate of drug-likeness (QED) is 0.513. The van der Waals surface area contributed by atoms with Crippen LogP contribution in [-0.4, -0.2) is 4.32 Å². The van der Waals surface area contributed by atoms with Crippen molar-refractivity contribution in [3.8, 4) is 0 Å². The molecule has 0 amide bonds. The summed E-state index contributed by atoms with van der Waals surface area (Å²) in [5, 5.41) is 2.94. The lowest BCUT2D eigenvalue weighted by atomic mass is 10.2. The molecule has 1 nitrogen and oxygen atoms in total. The number of nitrogens with one attached hydrogen (secondary N) is 1. The Morgan fingerprint density at radius 2 is 2.27 bits per heavy atom. The monoisotopic (exact) mass is 183 g/mol. The molecule has 0 unspecified atom stereocenters. The van der Waals surface area contributed by atoms with Crippen LogP contribution < -0.4 is 5.32 Å². The smallest absolute Gasteiger partial charge is 0.135 e. The Hall–Kier alpha value is -0.540. The average Bonchev–Trinajstić information content (AvgIpc) is 1.85. The van der Waals surface area contributed by atoms with Crippen LogP contribution in [0.1, 0.15) is 5.56 Å². The van der Waals surface area contributed by atoms with E-state index < -0.39 is 0 Å². The highest BCUT2D eigenvalue weighted by atomic mass is 32.1. The zero-order chi connectivity index (χ0) is 8.27. The highest BCUT2D eigenvalue weighted by Crippen LogP contribution is 2.09. The van der Waals surface area contributed by atoms with Gasteiger partial charge in [-0.3, -0.25) is 0 Å². The van der Waals surface area contributed by atoms with Crippen molar-refractivity contribution in [2.75, 3.05) is 5.32 Å². The molecule has 0 aliphatic heterocycles. The molecule has 0 fully saturated rings. The van der Waals surface area contributed by atoms with E-state index in [1.807, 2.05) is 31.2 Å². The van der Waals surface area contributed by atoms with Gasteiger partial charge < -0.3 is 5.32 Å². The standard InChI is InChI=1S/C8H9NS2/c1-6-3-2-4-7(5-6)9-8(10)11/h2-5H,1H3,(H2,9,10,11). The maximum absolute atomic E-state index is 4.77. The van der Waals surface area contributed by atoms with Gasteiger partial charge >= 0.3 is 0 Å². The van der Waals surface area contributed by atoms with Crippen molar-refractivity contribution in [2.45, 2.75) is 6.92 Å². The average molecular weight is 183 g/mol. The Labute approximate surface area is 77.2 Å². The third kappa shape index (κ3) is 2.91. The van der Waals surface area contributed by atoms with Crippen molar-refractivity contribution < 1.29 is 0 Å². The van der Waals surface area contributed by atoms with Crippen molar-refractivity contribution in [1.82, 2.24) is 0 Å². The summed E-state index contributed by atoms with van der Waals surface area (Å²) >= 11 is 8.74. The second-order valence-electron chi connectivity index (χ2n) is 2.30. The van der Waals surface area contributed by atoms with Crippen LogP contribution in [0.5, 0.6) is 0 Å². The number of benzene rings is 1. The molecule has 0 saturated heterocycles. The molecule has 1 rings (SSSR count). The van der Waals surface area contributed by atoms with Gasteiger partial charge in [0.25, 0.3) is 0 Å². The molecular formula is C8H9NS2. The molecule has 0 spiro atoms. The SMILES string of the molecule is Cc1cccc(NC(=S)S)c1. The molecule has 0 atom stereocenters. The molecule has 11 heavy (non-hydrogen) atoms. The zero-order valence-corrected chi connectivity index (χ0v) is 7.88. The Morgan fingerprint density at radius 1 is 1.55 bits per heavy atom. The van der Waals surface area contributed by atoms with Gasteiger partial charge in [-0.1, -0.05) is 24.4 Å². The van der Waals surface area contributed by atoms with Crippen LogP contribution in [-0.2, 0) is 0 Å². The van der Waals surface area contributed by atoms with Gasteiger partial charge in [-0.25, -0.2) is 0 Å². The van der Waals surface area contributed by atoms with E-state index in [0.29, 0.717) is 4.32 Å². The number of hydrogen-bond donors (Lipinski definition) is 2. The molecule has 58 valence electrons. The van der Waals surface area contributed by atoms with Crippen molar-refractivity contribution in [2.24, 2.45) is 0 Å². The van der Waals surface area contributed by atoms with Crippen LogP contribution in [0.25, 0.3) is 0 Å². The molecule has 1 aromatic carbocycles. The largest absolute Gasteiger partial charge is 0.341 e. The number of thiocarbonyl (C=S) groups is 1. The van der Waals surface area contributed by atoms with E-state index >= 15 is 0 Å². The molecule has 0 saturated carbocycles. The van der Waals surface area contributed by atoms with Gasteiger partial charge in [0.2, 0.25) is 0 Å². The van der Waals surface area contributed by atoms with Crippen molar-refractivity contribution in [3.05, 3.63) is 29.8 Å². The Balaban J connectivity index is 2.79. The maximum Gasteiger partial charge on any atom is 0.135 e. The molecule has 0 heterocycles. The summed E-state index contributed by atoms with van der Waals surface area (Å²) in [6.07, 6.45) is 0. The molecule has 0 aliphatic carbocycles. The van der Waals surface area contributed by atoms with E-state index in [0.717, 1.165) is 5.69 Å². The number of hydrogen-bond acceptors (Lipinski definition) is 1. The summed E-state index contributed by atoms with van der Waals surface area (Å²) in [4.78, 5) is 0. The topological polar surface area (TPSA) is 12.0 Å². The highest BCUT2D eigenvalue weighted by molar-refractivity contribution is 8.11. The van der Waals surface area contributed by atoms with Gasteiger partial charge in [0, 0.05) is 5.69 Å². The molecular weight excluding hydrogens is 174 g/mol. The predicted molar refractivity (Wildman–Crippen MR) is 56.4 cm³/mol. The highest BCUT2D eigenvalue weighted by Gasteiger charge is 1.91. The molecule has 1 N–H and O–H groups in total. The first kappa shape index (κ1) is 8.56. The molecule has 0 radical (unpaired) electrons. The molecule has 0 aromatic heterocycles. The van der Waals surface area contributed by atoms with Crippen LogP contribution in [0.2, 0.25) is 0 Å². The lowest BCUT2D eigenvalue weighted by Gasteiger charge is -2.02. The zero-order valence-electron chi connectivity index (χ0n) is 6.16. The molecule has 0 bridgehead atoms. The van der Waals surface area contributed by atoms with E-state index in [2.05, 4.69) is 17.9 Å². The second-order valence-corrected chi connectivity index (χ2v) is 3.46. The Kier molecular flexibility index (Phi) is 2.91. The van der Waals surface area contributed by atoms with E-state index in [1.54, 1.807) is 0 Å². The van der Waals surface area contributed by atoms with Crippen LogP contribution in [0.3, 0.4) is 0 Å². The van der Waals surface area contributed by atoms with Gasteiger partial charge in [0.05, 0.1) is 0 Å². The van der Waals surface area contributed by atoms with Crippen molar-refractivity contribution in [3.63, 3.8) is 0 Å². The fraction of sp³-hybridized carbons (Fsp3) is 0.125. The summed E-state index contributed by atoms with van der Waals surface area (Å²) in [5.74, 6) is 0. The van der Waals surface area contributed by atoms with Gasteiger partial charge in [-0.05, 0) is 24.6 Å². The fourth-order valence-corrected chi connectivity index (χ4v) is 1.09. The predicted octanol–water partition coefficient (Wildman–Crippen LogP) is 2.62.